The molecule has 0 radical (unpaired) electrons. The van der Waals surface area contributed by atoms with Crippen molar-refractivity contribution in [2.75, 3.05) is 13.2 Å². The first-order chi connectivity index (χ1) is 10.1. The van der Waals surface area contributed by atoms with Crippen molar-refractivity contribution in [1.29, 1.82) is 0 Å². The van der Waals surface area contributed by atoms with Gasteiger partial charge in [-0.15, -0.1) is 0 Å². The van der Waals surface area contributed by atoms with Crippen LogP contribution in [0, 0.1) is 0 Å². The van der Waals surface area contributed by atoms with E-state index in [-0.39, 0.29) is 17.5 Å². The predicted molar refractivity (Wildman–Crippen MR) is 78.3 cm³/mol. The fourth-order valence-electron chi connectivity index (χ4n) is 2.96. The lowest BCUT2D eigenvalue weighted by Gasteiger charge is -2.31. The summed E-state index contributed by atoms with van der Waals surface area (Å²) >= 11 is 0. The summed E-state index contributed by atoms with van der Waals surface area (Å²) in [4.78, 5) is 0.274. The van der Waals surface area contributed by atoms with Gasteiger partial charge in [0.25, 0.3) is 0 Å². The van der Waals surface area contributed by atoms with Gasteiger partial charge < -0.3 is 9.47 Å². The van der Waals surface area contributed by atoms with Crippen LogP contribution in [0.5, 0.6) is 0 Å². The molecule has 0 amide bonds. The molecule has 0 aromatic heterocycles. The molecule has 1 aromatic rings. The normalized spacial score (nSPS) is 25.2. The Hall–Kier alpha value is -0.950. The van der Waals surface area contributed by atoms with Crippen molar-refractivity contribution in [3.8, 4) is 0 Å². The van der Waals surface area contributed by atoms with Crippen LogP contribution in [0.3, 0.4) is 0 Å². The molecule has 116 valence electrons. The van der Waals surface area contributed by atoms with E-state index in [2.05, 4.69) is 4.72 Å². The van der Waals surface area contributed by atoms with Gasteiger partial charge in [0.2, 0.25) is 10.0 Å². The van der Waals surface area contributed by atoms with E-state index in [1.165, 1.54) is 6.42 Å². The van der Waals surface area contributed by atoms with Gasteiger partial charge in [0, 0.05) is 19.4 Å². The summed E-state index contributed by atoms with van der Waals surface area (Å²) in [5.74, 6) is -0.457. The number of benzene rings is 1. The Labute approximate surface area is 125 Å². The smallest absolute Gasteiger partial charge is 0.240 e. The summed E-state index contributed by atoms with van der Waals surface area (Å²) in [5.41, 5.74) is 0. The van der Waals surface area contributed by atoms with E-state index in [0.717, 1.165) is 25.7 Å². The van der Waals surface area contributed by atoms with Gasteiger partial charge >= 0.3 is 0 Å². The van der Waals surface area contributed by atoms with Gasteiger partial charge in [-0.3, -0.25) is 0 Å². The number of sulfonamides is 1. The van der Waals surface area contributed by atoms with Crippen LogP contribution in [-0.2, 0) is 19.5 Å². The largest absolute Gasteiger partial charge is 0.347 e. The van der Waals surface area contributed by atoms with E-state index in [1.54, 1.807) is 30.3 Å². The molecule has 1 heterocycles. The standard InChI is InChI=1S/C15H21NO4S/c17-21(18,14-7-3-1-4-8-14)16-11-13-12-19-15(20-13)9-5-2-6-10-15/h1,3-4,7-8,13,16H,2,5-6,9-12H2/t13-/m0/s1. The minimum Gasteiger partial charge on any atom is -0.347 e. The van der Waals surface area contributed by atoms with Crippen LogP contribution in [0.1, 0.15) is 32.1 Å². The average molecular weight is 311 g/mol. The topological polar surface area (TPSA) is 64.6 Å². The van der Waals surface area contributed by atoms with Crippen molar-refractivity contribution in [3.63, 3.8) is 0 Å². The minimum atomic E-state index is -3.48. The number of ether oxygens (including phenoxy) is 2. The van der Waals surface area contributed by atoms with E-state index in [1.807, 2.05) is 0 Å². The lowest BCUT2D eigenvalue weighted by atomic mass is 9.94. The number of hydrogen-bond acceptors (Lipinski definition) is 4. The number of nitrogens with one attached hydrogen (secondary N) is 1. The van der Waals surface area contributed by atoms with Crippen LogP contribution in [-0.4, -0.2) is 33.5 Å². The molecule has 3 rings (SSSR count). The van der Waals surface area contributed by atoms with Gasteiger partial charge in [-0.1, -0.05) is 24.6 Å². The zero-order valence-electron chi connectivity index (χ0n) is 12.0. The van der Waals surface area contributed by atoms with Crippen molar-refractivity contribution >= 4 is 10.0 Å². The highest BCUT2D eigenvalue weighted by molar-refractivity contribution is 7.89. The minimum absolute atomic E-state index is 0.207. The van der Waals surface area contributed by atoms with Crippen molar-refractivity contribution < 1.29 is 17.9 Å². The average Bonchev–Trinajstić information content (AvgIpc) is 2.90. The molecular weight excluding hydrogens is 290 g/mol. The molecule has 6 heteroatoms. The van der Waals surface area contributed by atoms with Gasteiger partial charge in [-0.2, -0.15) is 0 Å². The molecule has 1 aromatic carbocycles. The molecule has 1 spiro atoms. The first-order valence-electron chi connectivity index (χ1n) is 7.46. The summed E-state index contributed by atoms with van der Waals surface area (Å²) < 4.78 is 38.7. The first-order valence-corrected chi connectivity index (χ1v) is 8.95. The Morgan fingerprint density at radius 1 is 1.14 bits per heavy atom. The third-order valence-corrected chi connectivity index (χ3v) is 5.52. The Balaban J connectivity index is 1.56. The molecule has 1 atom stereocenters. The lowest BCUT2D eigenvalue weighted by Crippen LogP contribution is -2.37. The van der Waals surface area contributed by atoms with Crippen molar-refractivity contribution in [1.82, 2.24) is 4.72 Å². The third kappa shape index (κ3) is 3.45. The highest BCUT2D eigenvalue weighted by Gasteiger charge is 2.42. The molecule has 0 bridgehead atoms. The van der Waals surface area contributed by atoms with E-state index >= 15 is 0 Å². The highest BCUT2D eigenvalue weighted by Crippen LogP contribution is 2.37. The third-order valence-electron chi connectivity index (χ3n) is 4.08. The molecule has 0 unspecified atom stereocenters. The maximum Gasteiger partial charge on any atom is 0.240 e. The predicted octanol–water partition coefficient (Wildman–Crippen LogP) is 2.04. The number of hydrogen-bond donors (Lipinski definition) is 1. The maximum atomic E-state index is 12.1. The molecular formula is C15H21NO4S. The Kier molecular flexibility index (Phi) is 4.31. The fraction of sp³-hybridized carbons (Fsp3) is 0.600. The molecule has 5 nitrogen and oxygen atoms in total. The van der Waals surface area contributed by atoms with Gasteiger partial charge in [-0.05, 0) is 25.0 Å². The van der Waals surface area contributed by atoms with Crippen LogP contribution in [0.15, 0.2) is 35.2 Å². The molecule has 2 fully saturated rings. The van der Waals surface area contributed by atoms with E-state index in [0.29, 0.717) is 6.61 Å². The second-order valence-corrected chi connectivity index (χ2v) is 7.45. The summed E-state index contributed by atoms with van der Waals surface area (Å²) in [5, 5.41) is 0. The molecule has 1 aliphatic heterocycles. The first kappa shape index (κ1) is 15.0. The second-order valence-electron chi connectivity index (χ2n) is 5.69. The van der Waals surface area contributed by atoms with E-state index in [4.69, 9.17) is 9.47 Å². The molecule has 1 saturated carbocycles. The van der Waals surface area contributed by atoms with Crippen LogP contribution < -0.4 is 4.72 Å². The molecule has 1 N–H and O–H groups in total. The zero-order valence-corrected chi connectivity index (χ0v) is 12.8. The summed E-state index contributed by atoms with van der Waals surface area (Å²) in [6.45, 7) is 0.705. The van der Waals surface area contributed by atoms with E-state index < -0.39 is 15.8 Å². The van der Waals surface area contributed by atoms with Crippen LogP contribution >= 0.6 is 0 Å². The second kappa shape index (κ2) is 6.04. The molecule has 1 saturated heterocycles. The number of rotatable bonds is 4. The van der Waals surface area contributed by atoms with Crippen LogP contribution in [0.25, 0.3) is 0 Å². The van der Waals surface area contributed by atoms with Crippen LogP contribution in [0.2, 0.25) is 0 Å². The van der Waals surface area contributed by atoms with Crippen molar-refractivity contribution in [2.24, 2.45) is 0 Å². The molecule has 1 aliphatic carbocycles. The summed E-state index contributed by atoms with van der Waals surface area (Å²) in [6, 6.07) is 8.37. The SMILES string of the molecule is O=S(=O)(NC[C@H]1COC2(CCCCC2)O1)c1ccccc1. The van der Waals surface area contributed by atoms with Gasteiger partial charge in [0.15, 0.2) is 5.79 Å². The maximum absolute atomic E-state index is 12.1. The van der Waals surface area contributed by atoms with Crippen LogP contribution in [0.4, 0.5) is 0 Å². The molecule has 21 heavy (non-hydrogen) atoms. The highest BCUT2D eigenvalue weighted by atomic mass is 32.2. The quantitative estimate of drug-likeness (QED) is 0.924. The Morgan fingerprint density at radius 3 is 2.57 bits per heavy atom. The van der Waals surface area contributed by atoms with E-state index in [9.17, 15) is 8.42 Å². The Morgan fingerprint density at radius 2 is 1.86 bits per heavy atom. The fourth-order valence-corrected chi connectivity index (χ4v) is 4.04. The van der Waals surface area contributed by atoms with Crippen molar-refractivity contribution in [3.05, 3.63) is 30.3 Å². The molecule has 2 aliphatic rings. The lowest BCUT2D eigenvalue weighted by molar-refractivity contribution is -0.186. The monoisotopic (exact) mass is 311 g/mol. The zero-order chi connectivity index (χ0) is 14.8. The van der Waals surface area contributed by atoms with Gasteiger partial charge in [0.05, 0.1) is 17.6 Å². The Bertz CT molecular complexity index is 567. The van der Waals surface area contributed by atoms with Crippen molar-refractivity contribution in [2.45, 2.75) is 48.9 Å². The summed E-state index contributed by atoms with van der Waals surface area (Å²) in [7, 11) is -3.48. The van der Waals surface area contributed by atoms with Gasteiger partial charge in [0.1, 0.15) is 0 Å². The summed E-state index contributed by atoms with van der Waals surface area (Å²) in [6.07, 6.45) is 5.07. The van der Waals surface area contributed by atoms with Gasteiger partial charge in [-0.25, -0.2) is 13.1 Å².